The molecule has 0 aliphatic heterocycles. The van der Waals surface area contributed by atoms with Gasteiger partial charge in [0.2, 0.25) is 0 Å². The SMILES string of the molecule is COCCn1c(CCN(C)c2cc(C#N)ccn2)nc2ccccc21. The van der Waals surface area contributed by atoms with Crippen LogP contribution in [0.25, 0.3) is 11.0 Å². The minimum Gasteiger partial charge on any atom is -0.383 e. The van der Waals surface area contributed by atoms with Crippen LogP contribution in [0.15, 0.2) is 42.6 Å². The monoisotopic (exact) mass is 335 g/mol. The van der Waals surface area contributed by atoms with Crippen molar-refractivity contribution >= 4 is 16.9 Å². The van der Waals surface area contributed by atoms with Gasteiger partial charge < -0.3 is 14.2 Å². The van der Waals surface area contributed by atoms with Crippen molar-refractivity contribution in [3.8, 4) is 6.07 Å². The molecule has 0 saturated heterocycles. The van der Waals surface area contributed by atoms with E-state index in [1.807, 2.05) is 30.1 Å². The van der Waals surface area contributed by atoms with E-state index in [0.717, 1.165) is 42.2 Å². The van der Waals surface area contributed by atoms with Gasteiger partial charge in [0.15, 0.2) is 0 Å². The van der Waals surface area contributed by atoms with E-state index in [-0.39, 0.29) is 0 Å². The van der Waals surface area contributed by atoms with E-state index in [9.17, 15) is 0 Å². The first-order chi connectivity index (χ1) is 12.2. The van der Waals surface area contributed by atoms with E-state index < -0.39 is 0 Å². The number of pyridine rings is 1. The van der Waals surface area contributed by atoms with Crippen LogP contribution in [0.5, 0.6) is 0 Å². The molecule has 3 aromatic rings. The van der Waals surface area contributed by atoms with Gasteiger partial charge in [-0.05, 0) is 24.3 Å². The highest BCUT2D eigenvalue weighted by atomic mass is 16.5. The molecule has 0 fully saturated rings. The molecule has 3 rings (SSSR count). The summed E-state index contributed by atoms with van der Waals surface area (Å²) >= 11 is 0. The van der Waals surface area contributed by atoms with Gasteiger partial charge in [0.1, 0.15) is 11.6 Å². The lowest BCUT2D eigenvalue weighted by molar-refractivity contribution is 0.187. The molecule has 128 valence electrons. The molecule has 2 aromatic heterocycles. The number of benzene rings is 1. The van der Waals surface area contributed by atoms with Crippen molar-refractivity contribution in [2.75, 3.05) is 32.2 Å². The van der Waals surface area contributed by atoms with Crippen LogP contribution in [-0.2, 0) is 17.7 Å². The minimum atomic E-state index is 0.615. The maximum absolute atomic E-state index is 9.03. The van der Waals surface area contributed by atoms with Crippen molar-refractivity contribution in [1.29, 1.82) is 5.26 Å². The zero-order valence-electron chi connectivity index (χ0n) is 14.5. The van der Waals surface area contributed by atoms with Gasteiger partial charge in [0.25, 0.3) is 0 Å². The fourth-order valence-corrected chi connectivity index (χ4v) is 2.83. The van der Waals surface area contributed by atoms with Gasteiger partial charge in [-0.3, -0.25) is 0 Å². The number of para-hydroxylation sites is 2. The maximum Gasteiger partial charge on any atom is 0.129 e. The summed E-state index contributed by atoms with van der Waals surface area (Å²) in [7, 11) is 3.69. The minimum absolute atomic E-state index is 0.615. The molecule has 0 radical (unpaired) electrons. The summed E-state index contributed by atoms with van der Waals surface area (Å²) in [6.45, 7) is 2.19. The van der Waals surface area contributed by atoms with Gasteiger partial charge in [-0.2, -0.15) is 5.26 Å². The van der Waals surface area contributed by atoms with Crippen LogP contribution in [0.1, 0.15) is 11.4 Å². The second-order valence-electron chi connectivity index (χ2n) is 5.85. The summed E-state index contributed by atoms with van der Waals surface area (Å²) < 4.78 is 7.45. The Morgan fingerprint density at radius 3 is 2.92 bits per heavy atom. The number of ether oxygens (including phenoxy) is 1. The van der Waals surface area contributed by atoms with E-state index >= 15 is 0 Å². The lowest BCUT2D eigenvalue weighted by atomic mass is 10.2. The predicted octanol–water partition coefficient (Wildman–Crippen LogP) is 2.63. The number of nitriles is 1. The smallest absolute Gasteiger partial charge is 0.129 e. The Hall–Kier alpha value is -2.91. The van der Waals surface area contributed by atoms with Gasteiger partial charge in [0, 0.05) is 39.9 Å². The van der Waals surface area contributed by atoms with Crippen molar-refractivity contribution in [1.82, 2.24) is 14.5 Å². The summed E-state index contributed by atoms with van der Waals surface area (Å²) in [5, 5.41) is 9.03. The molecule has 0 N–H and O–H groups in total. The van der Waals surface area contributed by atoms with E-state index in [2.05, 4.69) is 21.7 Å². The van der Waals surface area contributed by atoms with Gasteiger partial charge >= 0.3 is 0 Å². The summed E-state index contributed by atoms with van der Waals surface area (Å²) in [4.78, 5) is 11.2. The first kappa shape index (κ1) is 16.9. The zero-order chi connectivity index (χ0) is 17.6. The number of methoxy groups -OCH3 is 1. The molecule has 6 heteroatoms. The molecule has 0 aliphatic carbocycles. The highest BCUT2D eigenvalue weighted by Crippen LogP contribution is 2.17. The molecule has 0 atom stereocenters. The van der Waals surface area contributed by atoms with Crippen LogP contribution in [-0.4, -0.2) is 41.8 Å². The Morgan fingerprint density at radius 1 is 1.28 bits per heavy atom. The number of hydrogen-bond acceptors (Lipinski definition) is 5. The number of likely N-dealkylation sites (N-methyl/N-ethyl adjacent to an activating group) is 1. The largest absolute Gasteiger partial charge is 0.383 e. The third-order valence-corrected chi connectivity index (χ3v) is 4.19. The molecule has 25 heavy (non-hydrogen) atoms. The van der Waals surface area contributed by atoms with Crippen molar-refractivity contribution in [2.24, 2.45) is 0 Å². The van der Waals surface area contributed by atoms with E-state index in [0.29, 0.717) is 12.2 Å². The second-order valence-corrected chi connectivity index (χ2v) is 5.85. The molecule has 0 spiro atoms. The first-order valence-corrected chi connectivity index (χ1v) is 8.23. The van der Waals surface area contributed by atoms with Crippen LogP contribution < -0.4 is 4.90 Å². The molecule has 0 amide bonds. The Kier molecular flexibility index (Phi) is 5.26. The molecule has 6 nitrogen and oxygen atoms in total. The number of hydrogen-bond donors (Lipinski definition) is 0. The molecular weight excluding hydrogens is 314 g/mol. The van der Waals surface area contributed by atoms with Crippen LogP contribution in [0.3, 0.4) is 0 Å². The summed E-state index contributed by atoms with van der Waals surface area (Å²) in [5.74, 6) is 1.82. The molecule has 0 saturated carbocycles. The van der Waals surface area contributed by atoms with Crippen LogP contribution in [0, 0.1) is 11.3 Å². The van der Waals surface area contributed by atoms with E-state index in [1.165, 1.54) is 0 Å². The molecule has 0 unspecified atom stereocenters. The average Bonchev–Trinajstić information content (AvgIpc) is 3.02. The van der Waals surface area contributed by atoms with Crippen molar-refractivity contribution in [3.05, 3.63) is 54.0 Å². The van der Waals surface area contributed by atoms with Crippen LogP contribution in [0.4, 0.5) is 5.82 Å². The average molecular weight is 335 g/mol. The van der Waals surface area contributed by atoms with Gasteiger partial charge in [-0.25, -0.2) is 9.97 Å². The highest BCUT2D eigenvalue weighted by Gasteiger charge is 2.12. The number of aromatic nitrogens is 3. The lowest BCUT2D eigenvalue weighted by Gasteiger charge is -2.18. The Labute approximate surface area is 147 Å². The van der Waals surface area contributed by atoms with Gasteiger partial charge in [-0.1, -0.05) is 12.1 Å². The summed E-state index contributed by atoms with van der Waals surface area (Å²) in [6, 6.07) is 13.8. The van der Waals surface area contributed by atoms with E-state index in [4.69, 9.17) is 15.0 Å². The maximum atomic E-state index is 9.03. The number of rotatable bonds is 7. The molecule has 0 aliphatic rings. The molecule has 1 aromatic carbocycles. The summed E-state index contributed by atoms with van der Waals surface area (Å²) in [5.41, 5.74) is 2.74. The number of nitrogens with zero attached hydrogens (tertiary/aromatic N) is 5. The fraction of sp³-hybridized carbons (Fsp3) is 0.316. The normalized spacial score (nSPS) is 10.8. The number of fused-ring (bicyclic) bond motifs is 1. The topological polar surface area (TPSA) is 67.0 Å². The van der Waals surface area contributed by atoms with E-state index in [1.54, 1.807) is 25.4 Å². The fourth-order valence-electron chi connectivity index (χ4n) is 2.83. The number of imidazole rings is 1. The van der Waals surface area contributed by atoms with Crippen molar-refractivity contribution < 1.29 is 4.74 Å². The summed E-state index contributed by atoms with van der Waals surface area (Å²) in [6.07, 6.45) is 2.45. The quantitative estimate of drug-likeness (QED) is 0.664. The highest BCUT2D eigenvalue weighted by molar-refractivity contribution is 5.75. The zero-order valence-corrected chi connectivity index (χ0v) is 14.5. The molecular formula is C19H21N5O. The van der Waals surface area contributed by atoms with Gasteiger partial charge in [-0.15, -0.1) is 0 Å². The van der Waals surface area contributed by atoms with Crippen molar-refractivity contribution in [3.63, 3.8) is 0 Å². The Balaban J connectivity index is 1.79. The Morgan fingerprint density at radius 2 is 2.12 bits per heavy atom. The molecule has 0 bridgehead atoms. The number of anilines is 1. The third-order valence-electron chi connectivity index (χ3n) is 4.19. The lowest BCUT2D eigenvalue weighted by Crippen LogP contribution is -2.23. The first-order valence-electron chi connectivity index (χ1n) is 8.23. The third kappa shape index (κ3) is 3.78. The second kappa shape index (κ2) is 7.77. The Bertz CT molecular complexity index is 896. The predicted molar refractivity (Wildman–Crippen MR) is 97.5 cm³/mol. The van der Waals surface area contributed by atoms with Crippen molar-refractivity contribution in [2.45, 2.75) is 13.0 Å². The van der Waals surface area contributed by atoms with Crippen LogP contribution in [0.2, 0.25) is 0 Å². The standard InChI is InChI=1S/C19H21N5O/c1-23(19-13-15(14-20)7-9-21-19)10-8-18-22-16-5-3-4-6-17(16)24(18)11-12-25-2/h3-7,9,13H,8,10-12H2,1-2H3. The van der Waals surface area contributed by atoms with Gasteiger partial charge in [0.05, 0.1) is 29.3 Å². The van der Waals surface area contributed by atoms with Crippen LogP contribution >= 0.6 is 0 Å². The molecule has 2 heterocycles.